The lowest BCUT2D eigenvalue weighted by atomic mass is 9.86. The predicted octanol–water partition coefficient (Wildman–Crippen LogP) is 3.65. The van der Waals surface area contributed by atoms with Crippen molar-refractivity contribution in [3.05, 3.63) is 69.8 Å². The van der Waals surface area contributed by atoms with Gasteiger partial charge in [-0.15, -0.1) is 0 Å². The Balaban J connectivity index is 1.61. The van der Waals surface area contributed by atoms with Gasteiger partial charge in [0.15, 0.2) is 0 Å². The molecule has 7 heteroatoms. The largest absolute Gasteiger partial charge is 0.385 e. The number of nitrogens with one attached hydrogen (secondary N) is 1. The molecule has 0 aliphatic carbocycles. The van der Waals surface area contributed by atoms with Gasteiger partial charge in [0.2, 0.25) is 11.8 Å². The molecular formula is C24H24BrN3O3. The first-order valence-corrected chi connectivity index (χ1v) is 11.3. The monoisotopic (exact) mass is 481 g/mol. The van der Waals surface area contributed by atoms with Crippen LogP contribution in [-0.4, -0.2) is 59.4 Å². The fraction of sp³-hybridized carbons (Fsp3) is 0.333. The van der Waals surface area contributed by atoms with Gasteiger partial charge < -0.3 is 19.5 Å². The number of para-hydroxylation sites is 1. The van der Waals surface area contributed by atoms with E-state index in [1.54, 1.807) is 16.9 Å². The van der Waals surface area contributed by atoms with Crippen LogP contribution >= 0.6 is 15.9 Å². The molecule has 1 N–H and O–H groups in total. The van der Waals surface area contributed by atoms with E-state index in [9.17, 15) is 9.59 Å². The minimum atomic E-state index is -0.496. The lowest BCUT2D eigenvalue weighted by Crippen LogP contribution is -2.63. The number of hydrogen-bond acceptors (Lipinski definition) is 3. The van der Waals surface area contributed by atoms with E-state index in [0.29, 0.717) is 19.6 Å². The van der Waals surface area contributed by atoms with Crippen molar-refractivity contribution in [1.82, 2.24) is 14.8 Å². The van der Waals surface area contributed by atoms with Gasteiger partial charge in [-0.25, -0.2) is 0 Å². The standard InChI is InChI=1S/C24H24BrN3O3/c1-31-12-4-11-27-14-21(29)28-20(24(27)30)13-18-17-5-2-3-6-19(17)26-22(18)23(28)15-7-9-16(25)10-8-15/h2-3,5-10,20,23,26H,4,11-14H2,1H3/t20-,23?/m0/s1. The Morgan fingerprint density at radius 2 is 1.90 bits per heavy atom. The van der Waals surface area contributed by atoms with E-state index >= 15 is 0 Å². The fourth-order valence-corrected chi connectivity index (χ4v) is 5.17. The molecule has 2 aliphatic rings. The maximum Gasteiger partial charge on any atom is 0.246 e. The lowest BCUT2D eigenvalue weighted by Gasteiger charge is -2.47. The van der Waals surface area contributed by atoms with Crippen LogP contribution in [0, 0.1) is 0 Å². The van der Waals surface area contributed by atoms with E-state index in [-0.39, 0.29) is 24.4 Å². The van der Waals surface area contributed by atoms with Crippen molar-refractivity contribution in [2.45, 2.75) is 24.9 Å². The molecule has 1 unspecified atom stereocenters. The highest BCUT2D eigenvalue weighted by atomic mass is 79.9. The first-order chi connectivity index (χ1) is 15.1. The molecule has 3 aromatic rings. The number of aromatic amines is 1. The first-order valence-electron chi connectivity index (χ1n) is 10.5. The van der Waals surface area contributed by atoms with Crippen molar-refractivity contribution in [1.29, 1.82) is 0 Å². The highest BCUT2D eigenvalue weighted by Gasteiger charge is 2.47. The van der Waals surface area contributed by atoms with E-state index < -0.39 is 6.04 Å². The molecule has 160 valence electrons. The van der Waals surface area contributed by atoms with Crippen LogP contribution in [0.15, 0.2) is 53.0 Å². The van der Waals surface area contributed by atoms with Crippen molar-refractivity contribution >= 4 is 38.6 Å². The second-order valence-electron chi connectivity index (χ2n) is 8.14. The third kappa shape index (κ3) is 3.46. The maximum atomic E-state index is 13.5. The van der Waals surface area contributed by atoms with Crippen LogP contribution in [-0.2, 0) is 20.7 Å². The number of hydrogen-bond donors (Lipinski definition) is 1. The van der Waals surface area contributed by atoms with Crippen LogP contribution in [0.25, 0.3) is 10.9 Å². The third-order valence-electron chi connectivity index (χ3n) is 6.30. The molecule has 2 aliphatic heterocycles. The molecule has 6 nitrogen and oxygen atoms in total. The van der Waals surface area contributed by atoms with Gasteiger partial charge in [0.1, 0.15) is 6.04 Å². The number of carbonyl (C=O) groups excluding carboxylic acids is 2. The number of H-pyrrole nitrogens is 1. The highest BCUT2D eigenvalue weighted by Crippen LogP contribution is 2.42. The van der Waals surface area contributed by atoms with Crippen LogP contribution in [0.4, 0.5) is 0 Å². The molecule has 1 fully saturated rings. The molecule has 3 heterocycles. The van der Waals surface area contributed by atoms with Gasteiger partial charge in [-0.3, -0.25) is 9.59 Å². The summed E-state index contributed by atoms with van der Waals surface area (Å²) in [5.41, 5.74) is 4.17. The zero-order chi connectivity index (χ0) is 21.5. The minimum absolute atomic E-state index is 0.0146. The molecule has 0 spiro atoms. The quantitative estimate of drug-likeness (QED) is 0.565. The second-order valence-corrected chi connectivity index (χ2v) is 9.06. The van der Waals surface area contributed by atoms with Crippen molar-refractivity contribution in [2.75, 3.05) is 26.8 Å². The normalized spacial score (nSPS) is 20.8. The zero-order valence-electron chi connectivity index (χ0n) is 17.3. The average Bonchev–Trinajstić information content (AvgIpc) is 3.15. The van der Waals surface area contributed by atoms with Crippen LogP contribution < -0.4 is 0 Å². The Hall–Kier alpha value is -2.64. The Kier molecular flexibility index (Phi) is 5.32. The number of benzene rings is 2. The highest BCUT2D eigenvalue weighted by molar-refractivity contribution is 9.10. The maximum absolute atomic E-state index is 13.5. The molecular weight excluding hydrogens is 458 g/mol. The third-order valence-corrected chi connectivity index (χ3v) is 6.83. The average molecular weight is 482 g/mol. The predicted molar refractivity (Wildman–Crippen MR) is 122 cm³/mol. The molecule has 0 radical (unpaired) electrons. The molecule has 5 rings (SSSR count). The van der Waals surface area contributed by atoms with Gasteiger partial charge in [0.05, 0.1) is 12.6 Å². The summed E-state index contributed by atoms with van der Waals surface area (Å²) in [5, 5.41) is 1.12. The van der Waals surface area contributed by atoms with E-state index in [0.717, 1.165) is 38.6 Å². The molecule has 1 saturated heterocycles. The first kappa shape index (κ1) is 20.3. The SMILES string of the molecule is COCCCN1CC(=O)N2C(c3ccc(Br)cc3)c3[nH]c4ccccc4c3C[C@H]2C1=O. The van der Waals surface area contributed by atoms with Gasteiger partial charge in [0.25, 0.3) is 0 Å². The number of fused-ring (bicyclic) bond motifs is 4. The lowest BCUT2D eigenvalue weighted by molar-refractivity contribution is -0.158. The van der Waals surface area contributed by atoms with Crippen LogP contribution in [0.1, 0.15) is 29.3 Å². The summed E-state index contributed by atoms with van der Waals surface area (Å²) in [5.74, 6) is 0.00740. The molecule has 0 saturated carbocycles. The summed E-state index contributed by atoms with van der Waals surface area (Å²) in [7, 11) is 1.65. The number of halogens is 1. The number of methoxy groups -OCH3 is 1. The van der Waals surface area contributed by atoms with Gasteiger partial charge in [0, 0.05) is 47.8 Å². The van der Waals surface area contributed by atoms with Gasteiger partial charge in [-0.1, -0.05) is 46.3 Å². The summed E-state index contributed by atoms with van der Waals surface area (Å²) < 4.78 is 6.11. The summed E-state index contributed by atoms with van der Waals surface area (Å²) in [6, 6.07) is 15.3. The fourth-order valence-electron chi connectivity index (χ4n) is 4.90. The van der Waals surface area contributed by atoms with Crippen molar-refractivity contribution in [2.24, 2.45) is 0 Å². The smallest absolute Gasteiger partial charge is 0.246 e. The number of carbonyl (C=O) groups is 2. The molecule has 2 atom stereocenters. The molecule has 1 aromatic heterocycles. The van der Waals surface area contributed by atoms with Crippen LogP contribution in [0.2, 0.25) is 0 Å². The summed E-state index contributed by atoms with van der Waals surface area (Å²) >= 11 is 3.50. The summed E-state index contributed by atoms with van der Waals surface area (Å²) in [6.45, 7) is 1.22. The summed E-state index contributed by atoms with van der Waals surface area (Å²) in [4.78, 5) is 33.9. The topological polar surface area (TPSA) is 65.6 Å². The van der Waals surface area contributed by atoms with Crippen LogP contribution in [0.3, 0.4) is 0 Å². The van der Waals surface area contributed by atoms with Gasteiger partial charge in [-0.05, 0) is 35.7 Å². The molecule has 2 amide bonds. The number of nitrogens with zero attached hydrogens (tertiary/aromatic N) is 2. The van der Waals surface area contributed by atoms with Crippen molar-refractivity contribution in [3.63, 3.8) is 0 Å². The van der Waals surface area contributed by atoms with Crippen molar-refractivity contribution < 1.29 is 14.3 Å². The van der Waals surface area contributed by atoms with Gasteiger partial charge >= 0.3 is 0 Å². The Morgan fingerprint density at radius 1 is 1.13 bits per heavy atom. The second kappa shape index (κ2) is 8.13. The number of amides is 2. The Bertz CT molecular complexity index is 1140. The number of rotatable bonds is 5. The van der Waals surface area contributed by atoms with E-state index in [4.69, 9.17) is 4.74 Å². The van der Waals surface area contributed by atoms with E-state index in [2.05, 4.69) is 27.0 Å². The zero-order valence-corrected chi connectivity index (χ0v) is 18.9. The minimum Gasteiger partial charge on any atom is -0.385 e. The summed E-state index contributed by atoms with van der Waals surface area (Å²) in [6.07, 6.45) is 1.24. The van der Waals surface area contributed by atoms with Crippen molar-refractivity contribution in [3.8, 4) is 0 Å². The molecule has 0 bridgehead atoms. The van der Waals surface area contributed by atoms with Gasteiger partial charge in [-0.2, -0.15) is 0 Å². The van der Waals surface area contributed by atoms with Crippen LogP contribution in [0.5, 0.6) is 0 Å². The number of piperazine rings is 1. The Morgan fingerprint density at radius 3 is 2.68 bits per heavy atom. The van der Waals surface area contributed by atoms with E-state index in [1.165, 1.54) is 0 Å². The molecule has 31 heavy (non-hydrogen) atoms. The number of aromatic nitrogens is 1. The molecule has 2 aromatic carbocycles. The number of ether oxygens (including phenoxy) is 1. The van der Waals surface area contributed by atoms with E-state index in [1.807, 2.05) is 42.5 Å². The Labute approximate surface area is 189 Å².